The van der Waals surface area contributed by atoms with Crippen molar-refractivity contribution in [3.8, 4) is 17.2 Å². The van der Waals surface area contributed by atoms with Gasteiger partial charge in [-0.3, -0.25) is 0 Å². The average Bonchev–Trinajstić information content (AvgIpc) is 2.96. The number of fused-ring (bicyclic) bond motifs is 1. The molecule has 0 saturated carbocycles. The van der Waals surface area contributed by atoms with Crippen LogP contribution in [0, 0.1) is 0 Å². The van der Waals surface area contributed by atoms with E-state index in [0.29, 0.717) is 24.4 Å². The molecule has 3 aromatic rings. The van der Waals surface area contributed by atoms with Gasteiger partial charge in [0.1, 0.15) is 10.6 Å². The first-order valence-corrected chi connectivity index (χ1v) is 13.2. The lowest BCUT2D eigenvalue weighted by Crippen LogP contribution is -2.43. The van der Waals surface area contributed by atoms with Gasteiger partial charge < -0.3 is 19.5 Å². The average molecular weight is 497 g/mol. The molecule has 0 aromatic heterocycles. The number of unbranched alkanes of at least 4 members (excludes halogenated alkanes) is 1. The van der Waals surface area contributed by atoms with Crippen molar-refractivity contribution in [2.75, 3.05) is 25.7 Å². The molecule has 1 aliphatic rings. The number of ether oxygens (including phenoxy) is 2. The van der Waals surface area contributed by atoms with Crippen LogP contribution in [0.1, 0.15) is 31.7 Å². The summed E-state index contributed by atoms with van der Waals surface area (Å²) < 4.78 is 40.5. The van der Waals surface area contributed by atoms with Gasteiger partial charge in [0.25, 0.3) is 0 Å². The van der Waals surface area contributed by atoms with Crippen LogP contribution in [0.25, 0.3) is 0 Å². The zero-order valence-corrected chi connectivity index (χ0v) is 21.2. The van der Waals surface area contributed by atoms with E-state index >= 15 is 0 Å². The molecule has 0 spiro atoms. The molecule has 1 atom stereocenters. The molecule has 0 bridgehead atoms. The highest BCUT2D eigenvalue weighted by Gasteiger charge is 2.39. The fourth-order valence-electron chi connectivity index (χ4n) is 4.49. The number of anilines is 2. The predicted molar refractivity (Wildman–Crippen MR) is 137 cm³/mol. The van der Waals surface area contributed by atoms with Crippen LogP contribution in [0.15, 0.2) is 71.6 Å². The van der Waals surface area contributed by atoms with E-state index in [9.17, 15) is 13.5 Å². The Kier molecular flexibility index (Phi) is 7.52. The Balaban J connectivity index is 1.88. The summed E-state index contributed by atoms with van der Waals surface area (Å²) in [5.74, 6) is 0.737. The van der Waals surface area contributed by atoms with Crippen LogP contribution in [0.4, 0.5) is 11.4 Å². The number of sulfonamides is 1. The van der Waals surface area contributed by atoms with Crippen LogP contribution in [0.5, 0.6) is 17.2 Å². The number of para-hydroxylation sites is 1. The molecule has 7 nitrogen and oxygen atoms in total. The van der Waals surface area contributed by atoms with E-state index in [0.717, 1.165) is 24.1 Å². The number of nitrogens with zero attached hydrogens (tertiary/aromatic N) is 2. The van der Waals surface area contributed by atoms with Crippen molar-refractivity contribution in [1.82, 2.24) is 4.31 Å². The lowest BCUT2D eigenvalue weighted by molar-refractivity contribution is 0.300. The van der Waals surface area contributed by atoms with E-state index in [2.05, 4.69) is 6.92 Å². The van der Waals surface area contributed by atoms with Crippen molar-refractivity contribution in [1.29, 1.82) is 0 Å². The van der Waals surface area contributed by atoms with Crippen LogP contribution < -0.4 is 14.4 Å². The summed E-state index contributed by atoms with van der Waals surface area (Å²) in [5.41, 5.74) is 2.23. The third kappa shape index (κ3) is 5.09. The maximum atomic E-state index is 14.2. The molecular weight excluding hydrogens is 464 g/mol. The second kappa shape index (κ2) is 10.6. The maximum Gasteiger partial charge on any atom is 0.245 e. The second-order valence-electron chi connectivity index (χ2n) is 8.63. The monoisotopic (exact) mass is 496 g/mol. The van der Waals surface area contributed by atoms with Gasteiger partial charge in [-0.2, -0.15) is 4.31 Å². The third-order valence-corrected chi connectivity index (χ3v) is 8.32. The fraction of sp³-hybridized carbons (Fsp3) is 0.333. The van der Waals surface area contributed by atoms with Crippen molar-refractivity contribution in [3.05, 3.63) is 72.3 Å². The first-order valence-electron chi connectivity index (χ1n) is 11.8. The number of hydrogen-bond acceptors (Lipinski definition) is 6. The zero-order valence-electron chi connectivity index (χ0n) is 20.3. The number of hydrogen-bond donors (Lipinski definition) is 1. The standard InChI is InChI=1S/C27H32N2O5S/c1-4-5-9-22-19-28(21-10-7-6-8-11-21)24-16-26(34-3)25(30)17-27(24)35(31,32)29(22)18-20-12-14-23(33-2)15-13-20/h6-8,10-17,22,30H,4-5,9,18-19H2,1-3H3/t22-/m1/s1. The van der Waals surface area contributed by atoms with Gasteiger partial charge in [0, 0.05) is 37.0 Å². The molecule has 0 aliphatic carbocycles. The molecule has 1 N–H and O–H groups in total. The zero-order chi connectivity index (χ0) is 25.0. The summed E-state index contributed by atoms with van der Waals surface area (Å²) in [6, 6.07) is 19.8. The quantitative estimate of drug-likeness (QED) is 0.455. The summed E-state index contributed by atoms with van der Waals surface area (Å²) in [4.78, 5) is 2.08. The van der Waals surface area contributed by atoms with Crippen LogP contribution in [-0.2, 0) is 16.6 Å². The normalized spacial score (nSPS) is 17.5. The number of aromatic hydroxyl groups is 1. The first-order chi connectivity index (χ1) is 16.9. The minimum Gasteiger partial charge on any atom is -0.504 e. The van der Waals surface area contributed by atoms with Crippen molar-refractivity contribution >= 4 is 21.4 Å². The predicted octanol–water partition coefficient (Wildman–Crippen LogP) is 5.31. The van der Waals surface area contributed by atoms with Gasteiger partial charge in [0.05, 0.1) is 19.9 Å². The van der Waals surface area contributed by atoms with Crippen LogP contribution in [0.3, 0.4) is 0 Å². The third-order valence-electron chi connectivity index (χ3n) is 6.39. The SMILES string of the molecule is CCCC[C@@H]1CN(c2ccccc2)c2cc(OC)c(O)cc2S(=O)(=O)N1Cc1ccc(OC)cc1. The van der Waals surface area contributed by atoms with Crippen molar-refractivity contribution in [2.45, 2.75) is 43.7 Å². The molecular formula is C27H32N2O5S. The summed E-state index contributed by atoms with van der Waals surface area (Å²) in [5, 5.41) is 10.5. The van der Waals surface area contributed by atoms with E-state index in [1.54, 1.807) is 17.5 Å². The van der Waals surface area contributed by atoms with Gasteiger partial charge in [-0.1, -0.05) is 50.1 Å². The van der Waals surface area contributed by atoms with E-state index in [-0.39, 0.29) is 29.0 Å². The highest BCUT2D eigenvalue weighted by Crippen LogP contribution is 2.44. The lowest BCUT2D eigenvalue weighted by atomic mass is 10.1. The smallest absolute Gasteiger partial charge is 0.245 e. The molecule has 35 heavy (non-hydrogen) atoms. The minimum absolute atomic E-state index is 0.0622. The second-order valence-corrected chi connectivity index (χ2v) is 10.5. The Hall–Kier alpha value is -3.23. The summed E-state index contributed by atoms with van der Waals surface area (Å²) >= 11 is 0. The summed E-state index contributed by atoms with van der Waals surface area (Å²) in [6.07, 6.45) is 2.57. The molecule has 0 saturated heterocycles. The minimum atomic E-state index is -3.96. The molecule has 3 aromatic carbocycles. The number of benzene rings is 3. The molecule has 1 aliphatic heterocycles. The first kappa shape index (κ1) is 24.9. The van der Waals surface area contributed by atoms with Gasteiger partial charge in [0.2, 0.25) is 10.0 Å². The van der Waals surface area contributed by atoms with E-state index in [1.807, 2.05) is 59.5 Å². The van der Waals surface area contributed by atoms with Crippen molar-refractivity contribution < 1.29 is 23.0 Å². The molecule has 186 valence electrons. The van der Waals surface area contributed by atoms with Crippen molar-refractivity contribution in [3.63, 3.8) is 0 Å². The fourth-order valence-corrected chi connectivity index (χ4v) is 6.32. The van der Waals surface area contributed by atoms with Crippen LogP contribution in [-0.4, -0.2) is 44.6 Å². The van der Waals surface area contributed by atoms with Gasteiger partial charge in [-0.15, -0.1) is 0 Å². The van der Waals surface area contributed by atoms with Gasteiger partial charge >= 0.3 is 0 Å². The highest BCUT2D eigenvalue weighted by molar-refractivity contribution is 7.89. The Labute approximate surface area is 207 Å². The van der Waals surface area contributed by atoms with Crippen molar-refractivity contribution in [2.24, 2.45) is 0 Å². The highest BCUT2D eigenvalue weighted by atomic mass is 32.2. The number of phenols is 1. The van der Waals surface area contributed by atoms with Crippen LogP contribution in [0.2, 0.25) is 0 Å². The van der Waals surface area contributed by atoms with Crippen LogP contribution >= 0.6 is 0 Å². The number of phenolic OH excluding ortho intramolecular Hbond substituents is 1. The van der Waals surface area contributed by atoms with Gasteiger partial charge in [0.15, 0.2) is 11.5 Å². The topological polar surface area (TPSA) is 79.3 Å². The molecule has 8 heteroatoms. The number of rotatable bonds is 8. The summed E-state index contributed by atoms with van der Waals surface area (Å²) in [7, 11) is -0.896. The maximum absolute atomic E-state index is 14.2. The van der Waals surface area contributed by atoms with E-state index in [4.69, 9.17) is 9.47 Å². The van der Waals surface area contributed by atoms with E-state index in [1.165, 1.54) is 13.2 Å². The molecule has 0 radical (unpaired) electrons. The molecule has 4 rings (SSSR count). The van der Waals surface area contributed by atoms with Gasteiger partial charge in [-0.25, -0.2) is 8.42 Å². The van der Waals surface area contributed by atoms with E-state index < -0.39 is 10.0 Å². The Bertz CT molecular complexity index is 1250. The Morgan fingerprint density at radius 2 is 1.71 bits per heavy atom. The Morgan fingerprint density at radius 3 is 2.34 bits per heavy atom. The molecule has 1 heterocycles. The Morgan fingerprint density at radius 1 is 1.00 bits per heavy atom. The summed E-state index contributed by atoms with van der Waals surface area (Å²) in [6.45, 7) is 2.79. The largest absolute Gasteiger partial charge is 0.504 e. The molecule has 0 unspecified atom stereocenters. The lowest BCUT2D eigenvalue weighted by Gasteiger charge is -2.31. The molecule has 0 fully saturated rings. The molecule has 0 amide bonds. The van der Waals surface area contributed by atoms with Gasteiger partial charge in [-0.05, 0) is 36.2 Å². The number of methoxy groups -OCH3 is 2.